The van der Waals surface area contributed by atoms with Gasteiger partial charge in [0.1, 0.15) is 0 Å². The topological polar surface area (TPSA) is 35.2 Å². The SMILES string of the molecule is CC1(C)CC(CC2CCCO2)=CC(N)C1. The smallest absolute Gasteiger partial charge is 0.0613 e. The molecule has 1 aliphatic heterocycles. The number of hydrogen-bond donors (Lipinski definition) is 1. The average molecular weight is 209 g/mol. The maximum Gasteiger partial charge on any atom is 0.0613 e. The first-order valence-electron chi connectivity index (χ1n) is 6.12. The van der Waals surface area contributed by atoms with Crippen LogP contribution in [0.15, 0.2) is 11.6 Å². The van der Waals surface area contributed by atoms with Crippen LogP contribution in [-0.2, 0) is 4.74 Å². The second-order valence-corrected chi connectivity index (χ2v) is 5.87. The molecule has 15 heavy (non-hydrogen) atoms. The maximum atomic E-state index is 6.06. The Hall–Kier alpha value is -0.340. The number of ether oxygens (including phenoxy) is 1. The van der Waals surface area contributed by atoms with Crippen molar-refractivity contribution in [2.45, 2.75) is 58.1 Å². The number of nitrogens with two attached hydrogens (primary N) is 1. The molecule has 2 nitrogen and oxygen atoms in total. The van der Waals surface area contributed by atoms with Crippen LogP contribution in [-0.4, -0.2) is 18.8 Å². The molecule has 1 aliphatic carbocycles. The van der Waals surface area contributed by atoms with Crippen LogP contribution < -0.4 is 5.73 Å². The molecule has 0 bridgehead atoms. The fourth-order valence-electron chi connectivity index (χ4n) is 2.98. The predicted molar refractivity (Wildman–Crippen MR) is 62.7 cm³/mol. The highest BCUT2D eigenvalue weighted by Crippen LogP contribution is 2.37. The summed E-state index contributed by atoms with van der Waals surface area (Å²) in [5.41, 5.74) is 7.95. The predicted octanol–water partition coefficient (Wildman–Crippen LogP) is 2.63. The van der Waals surface area contributed by atoms with Gasteiger partial charge in [-0.1, -0.05) is 25.5 Å². The molecule has 2 N–H and O–H groups in total. The Morgan fingerprint density at radius 2 is 2.33 bits per heavy atom. The molecule has 1 heterocycles. The van der Waals surface area contributed by atoms with Crippen LogP contribution in [0, 0.1) is 5.41 Å². The average Bonchev–Trinajstić information content (AvgIpc) is 2.52. The molecule has 1 fully saturated rings. The Kier molecular flexibility index (Phi) is 3.17. The summed E-state index contributed by atoms with van der Waals surface area (Å²) < 4.78 is 5.68. The monoisotopic (exact) mass is 209 g/mol. The van der Waals surface area contributed by atoms with Gasteiger partial charge in [-0.15, -0.1) is 0 Å². The van der Waals surface area contributed by atoms with Gasteiger partial charge >= 0.3 is 0 Å². The summed E-state index contributed by atoms with van der Waals surface area (Å²) in [6, 6.07) is 0.255. The molecular weight excluding hydrogens is 186 g/mol. The Labute approximate surface area is 92.9 Å². The largest absolute Gasteiger partial charge is 0.378 e. The van der Waals surface area contributed by atoms with Gasteiger partial charge in [0, 0.05) is 12.6 Å². The minimum atomic E-state index is 0.255. The van der Waals surface area contributed by atoms with E-state index in [-0.39, 0.29) is 6.04 Å². The molecule has 0 spiro atoms. The molecule has 2 atom stereocenters. The van der Waals surface area contributed by atoms with Crippen molar-refractivity contribution in [1.82, 2.24) is 0 Å². The molecule has 2 rings (SSSR count). The Morgan fingerprint density at radius 1 is 1.53 bits per heavy atom. The molecular formula is C13H23NO. The third kappa shape index (κ3) is 3.05. The third-order valence-electron chi connectivity index (χ3n) is 3.46. The first kappa shape index (κ1) is 11.2. The van der Waals surface area contributed by atoms with E-state index in [9.17, 15) is 0 Å². The standard InChI is InChI=1S/C13H23NO/c1-13(2)8-10(6-11(14)9-13)7-12-4-3-5-15-12/h6,11-12H,3-5,7-9,14H2,1-2H3. The lowest BCUT2D eigenvalue weighted by Crippen LogP contribution is -2.31. The molecule has 2 heteroatoms. The highest BCUT2D eigenvalue weighted by molar-refractivity contribution is 5.15. The van der Waals surface area contributed by atoms with E-state index in [1.165, 1.54) is 24.8 Å². The van der Waals surface area contributed by atoms with Gasteiger partial charge in [0.15, 0.2) is 0 Å². The van der Waals surface area contributed by atoms with E-state index in [2.05, 4.69) is 19.9 Å². The van der Waals surface area contributed by atoms with Crippen molar-refractivity contribution in [3.63, 3.8) is 0 Å². The van der Waals surface area contributed by atoms with Crippen LogP contribution in [0.4, 0.5) is 0 Å². The molecule has 1 saturated heterocycles. The molecule has 0 amide bonds. The summed E-state index contributed by atoms with van der Waals surface area (Å²) in [6.45, 7) is 5.58. The Bertz CT molecular complexity index is 251. The molecule has 0 radical (unpaired) electrons. The third-order valence-corrected chi connectivity index (χ3v) is 3.46. The van der Waals surface area contributed by atoms with Gasteiger partial charge < -0.3 is 10.5 Å². The summed E-state index contributed by atoms with van der Waals surface area (Å²) in [7, 11) is 0. The zero-order valence-corrected chi connectivity index (χ0v) is 9.96. The van der Waals surface area contributed by atoms with Crippen LogP contribution in [0.1, 0.15) is 46.0 Å². The molecule has 86 valence electrons. The highest BCUT2D eigenvalue weighted by Gasteiger charge is 2.28. The quantitative estimate of drug-likeness (QED) is 0.710. The highest BCUT2D eigenvalue weighted by atomic mass is 16.5. The van der Waals surface area contributed by atoms with Crippen molar-refractivity contribution in [3.8, 4) is 0 Å². The zero-order valence-electron chi connectivity index (χ0n) is 9.96. The van der Waals surface area contributed by atoms with Crippen molar-refractivity contribution in [2.24, 2.45) is 11.1 Å². The van der Waals surface area contributed by atoms with E-state index in [4.69, 9.17) is 10.5 Å². The van der Waals surface area contributed by atoms with Crippen LogP contribution in [0.25, 0.3) is 0 Å². The van der Waals surface area contributed by atoms with E-state index < -0.39 is 0 Å². The zero-order chi connectivity index (χ0) is 10.9. The molecule has 0 aromatic heterocycles. The van der Waals surface area contributed by atoms with E-state index in [1.807, 2.05) is 0 Å². The summed E-state index contributed by atoms with van der Waals surface area (Å²) in [5.74, 6) is 0. The van der Waals surface area contributed by atoms with E-state index in [0.29, 0.717) is 11.5 Å². The minimum Gasteiger partial charge on any atom is -0.378 e. The summed E-state index contributed by atoms with van der Waals surface area (Å²) in [5, 5.41) is 0. The lowest BCUT2D eigenvalue weighted by Gasteiger charge is -2.33. The van der Waals surface area contributed by atoms with Crippen LogP contribution in [0.5, 0.6) is 0 Å². The molecule has 0 aromatic carbocycles. The fourth-order valence-corrected chi connectivity index (χ4v) is 2.98. The molecule has 0 saturated carbocycles. The number of rotatable bonds is 2. The van der Waals surface area contributed by atoms with E-state index in [1.54, 1.807) is 0 Å². The van der Waals surface area contributed by atoms with Crippen LogP contribution >= 0.6 is 0 Å². The first-order valence-corrected chi connectivity index (χ1v) is 6.12. The normalized spacial score (nSPS) is 35.3. The Morgan fingerprint density at radius 3 is 2.93 bits per heavy atom. The van der Waals surface area contributed by atoms with Crippen molar-refractivity contribution >= 4 is 0 Å². The summed E-state index contributed by atoms with van der Waals surface area (Å²) in [6.07, 6.45) is 8.62. The van der Waals surface area contributed by atoms with E-state index >= 15 is 0 Å². The van der Waals surface area contributed by atoms with Crippen molar-refractivity contribution in [1.29, 1.82) is 0 Å². The van der Waals surface area contributed by atoms with Gasteiger partial charge in [0.05, 0.1) is 6.10 Å². The fraction of sp³-hybridized carbons (Fsp3) is 0.846. The molecule has 2 aliphatic rings. The van der Waals surface area contributed by atoms with Crippen molar-refractivity contribution in [2.75, 3.05) is 6.61 Å². The first-order chi connectivity index (χ1) is 7.05. The maximum absolute atomic E-state index is 6.06. The summed E-state index contributed by atoms with van der Waals surface area (Å²) >= 11 is 0. The molecule has 2 unspecified atom stereocenters. The number of hydrogen-bond acceptors (Lipinski definition) is 2. The van der Waals surface area contributed by atoms with Crippen LogP contribution in [0.2, 0.25) is 0 Å². The van der Waals surface area contributed by atoms with Gasteiger partial charge in [0.25, 0.3) is 0 Å². The summed E-state index contributed by atoms with van der Waals surface area (Å²) in [4.78, 5) is 0. The van der Waals surface area contributed by atoms with Gasteiger partial charge in [-0.3, -0.25) is 0 Å². The van der Waals surface area contributed by atoms with Gasteiger partial charge in [-0.05, 0) is 37.5 Å². The van der Waals surface area contributed by atoms with Gasteiger partial charge in [-0.25, -0.2) is 0 Å². The van der Waals surface area contributed by atoms with Crippen molar-refractivity contribution in [3.05, 3.63) is 11.6 Å². The van der Waals surface area contributed by atoms with Gasteiger partial charge in [-0.2, -0.15) is 0 Å². The van der Waals surface area contributed by atoms with Crippen molar-refractivity contribution < 1.29 is 4.74 Å². The van der Waals surface area contributed by atoms with E-state index in [0.717, 1.165) is 19.4 Å². The lowest BCUT2D eigenvalue weighted by molar-refractivity contribution is 0.108. The second-order valence-electron chi connectivity index (χ2n) is 5.87. The lowest BCUT2D eigenvalue weighted by atomic mass is 9.74. The second kappa shape index (κ2) is 4.26. The van der Waals surface area contributed by atoms with Crippen LogP contribution in [0.3, 0.4) is 0 Å². The molecule has 0 aromatic rings. The Balaban J connectivity index is 1.95. The van der Waals surface area contributed by atoms with Gasteiger partial charge in [0.2, 0.25) is 0 Å². The minimum absolute atomic E-state index is 0.255.